The van der Waals surface area contributed by atoms with E-state index in [9.17, 15) is 4.57 Å². The maximum absolute atomic E-state index is 13.3. The van der Waals surface area contributed by atoms with E-state index in [1.54, 1.807) is 36.4 Å². The number of rotatable bonds is 8. The van der Waals surface area contributed by atoms with Crippen molar-refractivity contribution in [2.45, 2.75) is 40.5 Å². The maximum atomic E-state index is 13.3. The molecule has 0 saturated carbocycles. The molecule has 0 heterocycles. The molecule has 0 atom stereocenters. The normalized spacial score (nSPS) is 10.6. The van der Waals surface area contributed by atoms with Crippen LogP contribution in [0.3, 0.4) is 0 Å². The average Bonchev–Trinajstić information content (AvgIpc) is 2.74. The fourth-order valence-corrected chi connectivity index (χ4v) is 3.65. The zero-order valence-corrected chi connectivity index (χ0v) is 19.5. The maximum Gasteiger partial charge on any atom is 0.647 e. The summed E-state index contributed by atoms with van der Waals surface area (Å²) in [6.07, 6.45) is 2.04. The van der Waals surface area contributed by atoms with Crippen LogP contribution < -0.4 is 13.6 Å². The number of phosphoric acid groups is 1. The molecule has 0 amide bonds. The minimum atomic E-state index is -3.93. The Kier molecular flexibility index (Phi) is 9.64. The first-order chi connectivity index (χ1) is 14.8. The van der Waals surface area contributed by atoms with Crippen molar-refractivity contribution in [3.8, 4) is 17.2 Å². The summed E-state index contributed by atoms with van der Waals surface area (Å²) in [4.78, 5) is 0. The van der Waals surface area contributed by atoms with Crippen LogP contribution in [0.2, 0.25) is 0 Å². The van der Waals surface area contributed by atoms with Gasteiger partial charge in [-0.15, -0.1) is 0 Å². The zero-order valence-electron chi connectivity index (χ0n) is 18.6. The van der Waals surface area contributed by atoms with Crippen LogP contribution in [-0.2, 0) is 4.57 Å². The van der Waals surface area contributed by atoms with Gasteiger partial charge in [0.15, 0.2) is 0 Å². The second-order valence-corrected chi connectivity index (χ2v) is 8.68. The molecule has 3 aromatic carbocycles. The lowest BCUT2D eigenvalue weighted by molar-refractivity contribution is 0.287. The van der Waals surface area contributed by atoms with Gasteiger partial charge in [0.2, 0.25) is 0 Å². The topological polar surface area (TPSA) is 65.0 Å². The van der Waals surface area contributed by atoms with Crippen LogP contribution in [-0.4, -0.2) is 11.7 Å². The Bertz CT molecular complexity index is 826. The summed E-state index contributed by atoms with van der Waals surface area (Å²) in [7, 11) is -3.93. The van der Waals surface area contributed by atoms with E-state index in [0.717, 1.165) is 29.5 Å². The lowest BCUT2D eigenvalue weighted by atomic mass is 10.2. The fraction of sp³-hybridized carbons (Fsp3) is 0.280. The Morgan fingerprint density at radius 1 is 0.645 bits per heavy atom. The lowest BCUT2D eigenvalue weighted by Gasteiger charge is -2.19. The van der Waals surface area contributed by atoms with Gasteiger partial charge in [0.1, 0.15) is 17.2 Å². The van der Waals surface area contributed by atoms with Crippen molar-refractivity contribution >= 4 is 7.82 Å². The molecule has 166 valence electrons. The van der Waals surface area contributed by atoms with Crippen LogP contribution in [0.25, 0.3) is 0 Å². The standard InChI is InChI=1S/C21H21O4P.C4H10O/c1-16-4-10-19(11-5-16)23-26(22,24-20-12-6-17(2)7-13-20)25-21-14-8-18(3)9-15-21;1-2-3-4-5/h4-15H,1-3H3;5H,2-4H2,1H3. The molecule has 5 nitrogen and oxygen atoms in total. The summed E-state index contributed by atoms with van der Waals surface area (Å²) in [5.41, 5.74) is 3.23. The van der Waals surface area contributed by atoms with Gasteiger partial charge >= 0.3 is 7.82 Å². The molecule has 31 heavy (non-hydrogen) atoms. The fourth-order valence-electron chi connectivity index (χ4n) is 2.40. The smallest absolute Gasteiger partial charge is 0.396 e. The van der Waals surface area contributed by atoms with Gasteiger partial charge in [0, 0.05) is 6.61 Å². The van der Waals surface area contributed by atoms with Crippen molar-refractivity contribution in [3.63, 3.8) is 0 Å². The molecule has 6 heteroatoms. The predicted molar refractivity (Wildman–Crippen MR) is 125 cm³/mol. The Morgan fingerprint density at radius 3 is 1.13 bits per heavy atom. The van der Waals surface area contributed by atoms with Crippen LogP contribution in [0.15, 0.2) is 72.8 Å². The minimum Gasteiger partial charge on any atom is -0.396 e. The molecule has 0 unspecified atom stereocenters. The highest BCUT2D eigenvalue weighted by atomic mass is 31.2. The number of unbranched alkanes of at least 4 members (excludes halogenated alkanes) is 1. The minimum absolute atomic E-state index is 0.344. The number of aryl methyl sites for hydroxylation is 3. The summed E-state index contributed by atoms with van der Waals surface area (Å²) in [6, 6.07) is 21.6. The number of aliphatic hydroxyl groups is 1. The third-order valence-electron chi connectivity index (χ3n) is 4.23. The highest BCUT2D eigenvalue weighted by molar-refractivity contribution is 7.49. The molecule has 0 radical (unpaired) electrons. The number of aliphatic hydroxyl groups excluding tert-OH is 1. The van der Waals surface area contributed by atoms with Crippen LogP contribution in [0.1, 0.15) is 36.5 Å². The molecule has 0 aliphatic carbocycles. The van der Waals surface area contributed by atoms with E-state index in [-0.39, 0.29) is 0 Å². The van der Waals surface area contributed by atoms with E-state index in [4.69, 9.17) is 18.7 Å². The van der Waals surface area contributed by atoms with Crippen LogP contribution in [0.4, 0.5) is 0 Å². The van der Waals surface area contributed by atoms with Crippen molar-refractivity contribution in [1.29, 1.82) is 0 Å². The highest BCUT2D eigenvalue weighted by Gasteiger charge is 2.33. The van der Waals surface area contributed by atoms with E-state index in [2.05, 4.69) is 6.92 Å². The van der Waals surface area contributed by atoms with Crippen molar-refractivity contribution in [2.24, 2.45) is 0 Å². The van der Waals surface area contributed by atoms with E-state index in [1.165, 1.54) is 0 Å². The molecule has 0 bridgehead atoms. The third kappa shape index (κ3) is 8.87. The van der Waals surface area contributed by atoms with E-state index in [0.29, 0.717) is 23.9 Å². The second-order valence-electron chi connectivity index (χ2n) is 7.24. The van der Waals surface area contributed by atoms with E-state index in [1.807, 2.05) is 57.2 Å². The summed E-state index contributed by atoms with van der Waals surface area (Å²) in [5, 5.41) is 8.07. The van der Waals surface area contributed by atoms with E-state index >= 15 is 0 Å². The van der Waals surface area contributed by atoms with Gasteiger partial charge in [-0.05, 0) is 63.6 Å². The van der Waals surface area contributed by atoms with Crippen molar-refractivity contribution < 1.29 is 23.2 Å². The molecule has 0 aliphatic rings. The van der Waals surface area contributed by atoms with Gasteiger partial charge in [-0.25, -0.2) is 0 Å². The van der Waals surface area contributed by atoms with Crippen molar-refractivity contribution in [2.75, 3.05) is 6.61 Å². The molecule has 3 rings (SSSR count). The number of benzene rings is 3. The molecular formula is C25H31O5P. The molecular weight excluding hydrogens is 411 g/mol. The van der Waals surface area contributed by atoms with Crippen LogP contribution in [0, 0.1) is 20.8 Å². The monoisotopic (exact) mass is 442 g/mol. The summed E-state index contributed by atoms with van der Waals surface area (Å²) < 4.78 is 30.2. The Labute approximate surface area is 185 Å². The molecule has 0 fully saturated rings. The van der Waals surface area contributed by atoms with E-state index < -0.39 is 7.82 Å². The van der Waals surface area contributed by atoms with Gasteiger partial charge in [-0.2, -0.15) is 4.57 Å². The van der Waals surface area contributed by atoms with Gasteiger partial charge in [-0.3, -0.25) is 0 Å². The zero-order chi connectivity index (χ0) is 22.7. The van der Waals surface area contributed by atoms with Gasteiger partial charge < -0.3 is 18.7 Å². The molecule has 1 N–H and O–H groups in total. The van der Waals surface area contributed by atoms with Crippen molar-refractivity contribution in [1.82, 2.24) is 0 Å². The number of hydrogen-bond acceptors (Lipinski definition) is 5. The highest BCUT2D eigenvalue weighted by Crippen LogP contribution is 2.49. The first-order valence-corrected chi connectivity index (χ1v) is 11.8. The molecule has 0 aliphatic heterocycles. The largest absolute Gasteiger partial charge is 0.647 e. The van der Waals surface area contributed by atoms with Gasteiger partial charge in [0.05, 0.1) is 0 Å². The molecule has 3 aromatic rings. The number of hydrogen-bond donors (Lipinski definition) is 1. The molecule has 0 aromatic heterocycles. The quantitative estimate of drug-likeness (QED) is 0.379. The Balaban J connectivity index is 0.000000614. The van der Waals surface area contributed by atoms with Gasteiger partial charge in [0.25, 0.3) is 0 Å². The first-order valence-electron chi connectivity index (χ1n) is 10.3. The van der Waals surface area contributed by atoms with Crippen LogP contribution >= 0.6 is 7.82 Å². The summed E-state index contributed by atoms with van der Waals surface area (Å²) in [6.45, 7) is 8.30. The molecule has 0 saturated heterocycles. The average molecular weight is 442 g/mol. The third-order valence-corrected chi connectivity index (χ3v) is 5.53. The molecule has 0 spiro atoms. The SMILES string of the molecule is CCCCO.Cc1ccc(OP(=O)(Oc2ccc(C)cc2)Oc2ccc(C)cc2)cc1. The summed E-state index contributed by atoms with van der Waals surface area (Å²) in [5.74, 6) is 1.24. The lowest BCUT2D eigenvalue weighted by Crippen LogP contribution is -2.07. The Morgan fingerprint density at radius 2 is 0.935 bits per heavy atom. The van der Waals surface area contributed by atoms with Gasteiger partial charge in [-0.1, -0.05) is 66.4 Å². The van der Waals surface area contributed by atoms with Crippen molar-refractivity contribution in [3.05, 3.63) is 89.5 Å². The second kappa shape index (κ2) is 12.2. The first kappa shape index (κ1) is 24.5. The summed E-state index contributed by atoms with van der Waals surface area (Å²) >= 11 is 0. The predicted octanol–water partition coefficient (Wildman–Crippen LogP) is 7.04. The van der Waals surface area contributed by atoms with Crippen LogP contribution in [0.5, 0.6) is 17.2 Å². The number of phosphoric ester groups is 1. The Hall–Kier alpha value is -2.75.